The van der Waals surface area contributed by atoms with E-state index in [1.165, 1.54) is 11.3 Å². The zero-order valence-electron chi connectivity index (χ0n) is 15.5. The van der Waals surface area contributed by atoms with E-state index in [2.05, 4.69) is 9.97 Å². The van der Waals surface area contributed by atoms with Crippen LogP contribution < -0.4 is 0 Å². The number of rotatable bonds is 4. The van der Waals surface area contributed by atoms with Crippen LogP contribution in [0, 0.1) is 0 Å². The van der Waals surface area contributed by atoms with Crippen molar-refractivity contribution in [1.29, 1.82) is 0 Å². The molecule has 1 aromatic carbocycles. The fourth-order valence-corrected chi connectivity index (χ4v) is 3.80. The molecule has 4 rings (SSSR count). The summed E-state index contributed by atoms with van der Waals surface area (Å²) in [5, 5.41) is 1.86. The summed E-state index contributed by atoms with van der Waals surface area (Å²) in [4.78, 5) is 49.3. The van der Waals surface area contributed by atoms with Crippen molar-refractivity contribution in [1.82, 2.24) is 19.8 Å². The summed E-state index contributed by atoms with van der Waals surface area (Å²) in [6.07, 6.45) is 3.12. The number of thiophene rings is 1. The molecular formula is C20H18N4O4S. The van der Waals surface area contributed by atoms with E-state index < -0.39 is 5.97 Å². The van der Waals surface area contributed by atoms with Gasteiger partial charge < -0.3 is 14.5 Å². The van der Waals surface area contributed by atoms with Crippen molar-refractivity contribution < 1.29 is 19.1 Å². The smallest absolute Gasteiger partial charge is 0.338 e. The van der Waals surface area contributed by atoms with Crippen molar-refractivity contribution in [2.24, 2.45) is 0 Å². The lowest BCUT2D eigenvalue weighted by Gasteiger charge is -2.34. The third kappa shape index (κ3) is 4.24. The summed E-state index contributed by atoms with van der Waals surface area (Å²) in [6, 6.07) is 8.50. The highest BCUT2D eigenvalue weighted by Crippen LogP contribution is 2.15. The van der Waals surface area contributed by atoms with Gasteiger partial charge in [0.15, 0.2) is 6.61 Å². The lowest BCUT2D eigenvalue weighted by atomic mass is 10.2. The molecule has 2 amide bonds. The molecule has 3 aromatic rings. The summed E-state index contributed by atoms with van der Waals surface area (Å²) >= 11 is 1.40. The lowest BCUT2D eigenvalue weighted by Crippen LogP contribution is -2.51. The number of hydrogen-bond acceptors (Lipinski definition) is 7. The molecule has 1 aliphatic heterocycles. The molecule has 0 atom stereocenters. The Morgan fingerprint density at radius 1 is 0.966 bits per heavy atom. The standard InChI is InChI=1S/C20H18N4O4S/c25-18(23-7-9-24(10-8-23)19(26)17-2-1-11-29-17)13-28-20(27)14-3-4-15-16(12-14)22-6-5-21-15/h1-6,11-12H,7-10,13H2. The predicted molar refractivity (Wildman–Crippen MR) is 107 cm³/mol. The molecule has 3 heterocycles. The Balaban J connectivity index is 1.28. The van der Waals surface area contributed by atoms with Gasteiger partial charge in [-0.05, 0) is 29.6 Å². The van der Waals surface area contributed by atoms with Crippen LogP contribution in [0.4, 0.5) is 0 Å². The molecule has 0 spiro atoms. The molecule has 0 N–H and O–H groups in total. The Bertz CT molecular complexity index is 1050. The first kappa shape index (κ1) is 19.0. The zero-order valence-corrected chi connectivity index (χ0v) is 16.3. The van der Waals surface area contributed by atoms with E-state index in [9.17, 15) is 14.4 Å². The van der Waals surface area contributed by atoms with Gasteiger partial charge in [0.2, 0.25) is 0 Å². The van der Waals surface area contributed by atoms with Crippen LogP contribution in [0.3, 0.4) is 0 Å². The molecule has 9 heteroatoms. The van der Waals surface area contributed by atoms with Crippen molar-refractivity contribution >= 4 is 40.2 Å². The number of carbonyl (C=O) groups excluding carboxylic acids is 3. The topological polar surface area (TPSA) is 92.7 Å². The number of fused-ring (bicyclic) bond motifs is 1. The molecule has 0 unspecified atom stereocenters. The fraction of sp³-hybridized carbons (Fsp3) is 0.250. The van der Waals surface area contributed by atoms with Gasteiger partial charge in [-0.1, -0.05) is 6.07 Å². The molecule has 1 saturated heterocycles. The number of amides is 2. The summed E-state index contributed by atoms with van der Waals surface area (Å²) in [6.45, 7) is 1.41. The molecule has 29 heavy (non-hydrogen) atoms. The molecule has 1 fully saturated rings. The maximum Gasteiger partial charge on any atom is 0.338 e. The number of benzene rings is 1. The van der Waals surface area contributed by atoms with Crippen LogP contribution in [0.15, 0.2) is 48.1 Å². The maximum absolute atomic E-state index is 12.4. The van der Waals surface area contributed by atoms with E-state index in [1.807, 2.05) is 11.4 Å². The number of ether oxygens (including phenoxy) is 1. The van der Waals surface area contributed by atoms with Gasteiger partial charge in [-0.3, -0.25) is 19.6 Å². The second kappa shape index (κ2) is 8.36. The third-order valence-corrected chi connectivity index (χ3v) is 5.54. The van der Waals surface area contributed by atoms with Crippen LogP contribution in [0.1, 0.15) is 20.0 Å². The molecule has 0 bridgehead atoms. The highest BCUT2D eigenvalue weighted by molar-refractivity contribution is 7.12. The van der Waals surface area contributed by atoms with Gasteiger partial charge in [-0.15, -0.1) is 11.3 Å². The van der Waals surface area contributed by atoms with Crippen molar-refractivity contribution in [2.45, 2.75) is 0 Å². The minimum absolute atomic E-state index is 0.0158. The van der Waals surface area contributed by atoms with Crippen molar-refractivity contribution in [2.75, 3.05) is 32.8 Å². The highest BCUT2D eigenvalue weighted by Gasteiger charge is 2.26. The SMILES string of the molecule is O=C(OCC(=O)N1CCN(C(=O)c2cccs2)CC1)c1ccc2nccnc2c1. The molecule has 2 aromatic heterocycles. The molecule has 1 aliphatic rings. The quantitative estimate of drug-likeness (QED) is 0.610. The normalized spacial score (nSPS) is 14.1. The average molecular weight is 410 g/mol. The lowest BCUT2D eigenvalue weighted by molar-refractivity contribution is -0.136. The highest BCUT2D eigenvalue weighted by atomic mass is 32.1. The number of esters is 1. The van der Waals surface area contributed by atoms with Gasteiger partial charge in [0.1, 0.15) is 0 Å². The summed E-state index contributed by atoms with van der Waals surface area (Å²) in [5.74, 6) is -0.877. The minimum Gasteiger partial charge on any atom is -0.452 e. The largest absolute Gasteiger partial charge is 0.452 e. The van der Waals surface area contributed by atoms with Crippen LogP contribution >= 0.6 is 11.3 Å². The van der Waals surface area contributed by atoms with E-state index in [0.29, 0.717) is 47.7 Å². The van der Waals surface area contributed by atoms with E-state index in [1.54, 1.807) is 46.5 Å². The van der Waals surface area contributed by atoms with E-state index in [-0.39, 0.29) is 18.4 Å². The van der Waals surface area contributed by atoms with Crippen LogP contribution in [0.25, 0.3) is 11.0 Å². The first-order chi connectivity index (χ1) is 14.1. The van der Waals surface area contributed by atoms with Crippen LogP contribution in [0.5, 0.6) is 0 Å². The van der Waals surface area contributed by atoms with Gasteiger partial charge >= 0.3 is 5.97 Å². The van der Waals surface area contributed by atoms with Gasteiger partial charge in [-0.2, -0.15) is 0 Å². The second-order valence-electron chi connectivity index (χ2n) is 6.49. The molecule has 8 nitrogen and oxygen atoms in total. The van der Waals surface area contributed by atoms with E-state index >= 15 is 0 Å². The van der Waals surface area contributed by atoms with Crippen LogP contribution in [0.2, 0.25) is 0 Å². The summed E-state index contributed by atoms with van der Waals surface area (Å²) in [7, 11) is 0. The predicted octanol–water partition coefficient (Wildman–Crippen LogP) is 1.83. The Kier molecular flexibility index (Phi) is 5.48. The van der Waals surface area contributed by atoms with Crippen LogP contribution in [-0.2, 0) is 9.53 Å². The molecule has 148 valence electrons. The van der Waals surface area contributed by atoms with Crippen molar-refractivity contribution in [3.63, 3.8) is 0 Å². The maximum atomic E-state index is 12.4. The van der Waals surface area contributed by atoms with Gasteiger partial charge in [-0.25, -0.2) is 4.79 Å². The second-order valence-corrected chi connectivity index (χ2v) is 7.43. The van der Waals surface area contributed by atoms with Crippen LogP contribution in [-0.4, -0.2) is 70.3 Å². The average Bonchev–Trinajstić information content (AvgIpc) is 3.31. The molecule has 0 radical (unpaired) electrons. The van der Waals surface area contributed by atoms with Gasteiger partial charge in [0.25, 0.3) is 11.8 Å². The number of hydrogen-bond donors (Lipinski definition) is 0. The molecular weight excluding hydrogens is 392 g/mol. The number of carbonyl (C=O) groups is 3. The summed E-state index contributed by atoms with van der Waals surface area (Å²) in [5.41, 5.74) is 1.58. The zero-order chi connectivity index (χ0) is 20.2. The van der Waals surface area contributed by atoms with E-state index in [4.69, 9.17) is 4.74 Å². The van der Waals surface area contributed by atoms with Gasteiger partial charge in [0, 0.05) is 38.6 Å². The molecule has 0 saturated carbocycles. The number of piperazine rings is 1. The Hall–Kier alpha value is -3.33. The Morgan fingerprint density at radius 3 is 2.41 bits per heavy atom. The first-order valence-corrected chi connectivity index (χ1v) is 9.98. The van der Waals surface area contributed by atoms with E-state index in [0.717, 1.165) is 0 Å². The molecule has 0 aliphatic carbocycles. The number of nitrogens with zero attached hydrogens (tertiary/aromatic N) is 4. The van der Waals surface area contributed by atoms with Crippen molar-refractivity contribution in [3.05, 3.63) is 58.5 Å². The Labute approximate surface area is 170 Å². The van der Waals surface area contributed by atoms with Crippen molar-refractivity contribution in [3.8, 4) is 0 Å². The Morgan fingerprint density at radius 2 is 1.69 bits per heavy atom. The fourth-order valence-electron chi connectivity index (χ4n) is 3.11. The first-order valence-electron chi connectivity index (χ1n) is 9.10. The number of aromatic nitrogens is 2. The van der Waals surface area contributed by atoms with Gasteiger partial charge in [0.05, 0.1) is 21.5 Å². The summed E-state index contributed by atoms with van der Waals surface area (Å²) < 4.78 is 5.17. The monoisotopic (exact) mass is 410 g/mol. The minimum atomic E-state index is -0.586. The third-order valence-electron chi connectivity index (χ3n) is 4.68.